The van der Waals surface area contributed by atoms with E-state index in [1.165, 1.54) is 0 Å². The molecule has 0 spiro atoms. The molecule has 136 valence electrons. The van der Waals surface area contributed by atoms with Crippen LogP contribution in [0.25, 0.3) is 0 Å². The summed E-state index contributed by atoms with van der Waals surface area (Å²) in [5, 5.41) is 2.69. The van der Waals surface area contributed by atoms with Crippen LogP contribution in [-0.4, -0.2) is 37.7 Å². The molecule has 26 heavy (non-hydrogen) atoms. The monoisotopic (exact) mass is 355 g/mol. The minimum absolute atomic E-state index is 0.274. The number of hydrogen-bond donors (Lipinski definition) is 1. The van der Waals surface area contributed by atoms with E-state index in [0.29, 0.717) is 23.7 Å². The van der Waals surface area contributed by atoms with Gasteiger partial charge in [-0.15, -0.1) is 0 Å². The Morgan fingerprint density at radius 2 is 1.85 bits per heavy atom. The molecule has 3 rings (SSSR count). The summed E-state index contributed by atoms with van der Waals surface area (Å²) in [7, 11) is 0. The molecule has 0 bridgehead atoms. The number of amides is 1. The summed E-state index contributed by atoms with van der Waals surface area (Å²) in [6, 6.07) is 14.5. The number of aryl methyl sites for hydroxylation is 1. The highest BCUT2D eigenvalue weighted by Crippen LogP contribution is 2.30. The third-order valence-corrected chi connectivity index (χ3v) is 4.03. The number of carbonyl (C=O) groups excluding carboxylic acids is 2. The van der Waals surface area contributed by atoms with Gasteiger partial charge in [0.25, 0.3) is 5.91 Å². The van der Waals surface area contributed by atoms with Crippen molar-refractivity contribution in [3.05, 3.63) is 59.7 Å². The molecule has 0 aliphatic carbocycles. The van der Waals surface area contributed by atoms with Gasteiger partial charge in [0.2, 0.25) is 0 Å². The van der Waals surface area contributed by atoms with Gasteiger partial charge in [-0.1, -0.05) is 31.2 Å². The number of benzene rings is 2. The lowest BCUT2D eigenvalue weighted by Crippen LogP contribution is -2.42. The van der Waals surface area contributed by atoms with Crippen molar-refractivity contribution < 1.29 is 23.8 Å². The van der Waals surface area contributed by atoms with Crippen LogP contribution in [0.3, 0.4) is 0 Å². The van der Waals surface area contributed by atoms with Gasteiger partial charge in [0.1, 0.15) is 12.7 Å². The summed E-state index contributed by atoms with van der Waals surface area (Å²) in [4.78, 5) is 23.8. The summed E-state index contributed by atoms with van der Waals surface area (Å²) >= 11 is 0. The Bertz CT molecular complexity index is 772. The molecule has 0 radical (unpaired) electrons. The number of hydrogen-bond acceptors (Lipinski definition) is 5. The maximum absolute atomic E-state index is 11.9. The second-order valence-electron chi connectivity index (χ2n) is 5.93. The first kappa shape index (κ1) is 17.8. The van der Waals surface area contributed by atoms with E-state index in [4.69, 9.17) is 14.2 Å². The van der Waals surface area contributed by atoms with Crippen molar-refractivity contribution in [3.63, 3.8) is 0 Å². The van der Waals surface area contributed by atoms with Crippen LogP contribution in [-0.2, 0) is 16.0 Å². The molecule has 1 unspecified atom stereocenters. The molecular weight excluding hydrogens is 334 g/mol. The first-order valence-corrected chi connectivity index (χ1v) is 8.57. The van der Waals surface area contributed by atoms with E-state index in [2.05, 4.69) is 5.32 Å². The Balaban J connectivity index is 1.41. The number of ether oxygens (including phenoxy) is 3. The summed E-state index contributed by atoms with van der Waals surface area (Å²) < 4.78 is 16.4. The molecule has 2 aromatic carbocycles. The molecule has 1 aliphatic rings. The highest BCUT2D eigenvalue weighted by molar-refractivity contribution is 5.91. The average molecular weight is 355 g/mol. The van der Waals surface area contributed by atoms with E-state index in [0.717, 1.165) is 12.0 Å². The highest BCUT2D eigenvalue weighted by Gasteiger charge is 2.21. The molecule has 6 nitrogen and oxygen atoms in total. The van der Waals surface area contributed by atoms with Gasteiger partial charge in [0.15, 0.2) is 18.1 Å². The zero-order valence-electron chi connectivity index (χ0n) is 14.6. The van der Waals surface area contributed by atoms with Gasteiger partial charge in [0, 0.05) is 0 Å². The van der Waals surface area contributed by atoms with Crippen LogP contribution in [0.4, 0.5) is 0 Å². The molecule has 1 aliphatic heterocycles. The first-order valence-electron chi connectivity index (χ1n) is 8.57. The molecule has 0 fully saturated rings. The fourth-order valence-electron chi connectivity index (χ4n) is 2.53. The predicted molar refractivity (Wildman–Crippen MR) is 95.5 cm³/mol. The lowest BCUT2D eigenvalue weighted by molar-refractivity contribution is -0.124. The standard InChI is InChI=1S/C20H21NO5/c1-2-14-7-9-15(10-8-14)20(23)25-13-19(22)21-11-16-12-24-17-5-3-4-6-18(17)26-16/h3-10,16H,2,11-13H2,1H3,(H,21,22). The Hall–Kier alpha value is -3.02. The Morgan fingerprint density at radius 1 is 1.12 bits per heavy atom. The second-order valence-corrected chi connectivity index (χ2v) is 5.93. The van der Waals surface area contributed by atoms with Crippen LogP contribution in [0.5, 0.6) is 11.5 Å². The Morgan fingerprint density at radius 3 is 2.58 bits per heavy atom. The van der Waals surface area contributed by atoms with Crippen molar-refractivity contribution in [1.29, 1.82) is 0 Å². The van der Waals surface area contributed by atoms with E-state index >= 15 is 0 Å². The summed E-state index contributed by atoms with van der Waals surface area (Å²) in [6.45, 7) is 2.33. The quantitative estimate of drug-likeness (QED) is 0.806. The van der Waals surface area contributed by atoms with Crippen molar-refractivity contribution in [1.82, 2.24) is 5.32 Å². The Kier molecular flexibility index (Phi) is 5.73. The number of para-hydroxylation sites is 2. The van der Waals surface area contributed by atoms with Crippen molar-refractivity contribution in [2.24, 2.45) is 0 Å². The van der Waals surface area contributed by atoms with Gasteiger partial charge in [-0.25, -0.2) is 4.79 Å². The van der Waals surface area contributed by atoms with Crippen molar-refractivity contribution in [2.45, 2.75) is 19.4 Å². The summed E-state index contributed by atoms with van der Waals surface area (Å²) in [6.07, 6.45) is 0.612. The number of nitrogens with one attached hydrogen (secondary N) is 1. The van der Waals surface area contributed by atoms with Crippen LogP contribution < -0.4 is 14.8 Å². The molecule has 2 aromatic rings. The van der Waals surface area contributed by atoms with Gasteiger partial charge in [0.05, 0.1) is 12.1 Å². The van der Waals surface area contributed by atoms with Gasteiger partial charge in [-0.05, 0) is 36.2 Å². The number of fused-ring (bicyclic) bond motifs is 1. The minimum atomic E-state index is -0.519. The van der Waals surface area contributed by atoms with Gasteiger partial charge in [-0.3, -0.25) is 4.79 Å². The lowest BCUT2D eigenvalue weighted by atomic mass is 10.1. The molecule has 0 aromatic heterocycles. The molecular formula is C20H21NO5. The molecule has 1 N–H and O–H groups in total. The van der Waals surface area contributed by atoms with Crippen molar-refractivity contribution in [2.75, 3.05) is 19.8 Å². The van der Waals surface area contributed by atoms with Crippen molar-refractivity contribution in [3.8, 4) is 11.5 Å². The lowest BCUT2D eigenvalue weighted by Gasteiger charge is -2.26. The van der Waals surface area contributed by atoms with E-state index in [9.17, 15) is 9.59 Å². The highest BCUT2D eigenvalue weighted by atomic mass is 16.6. The number of esters is 1. The molecule has 6 heteroatoms. The maximum Gasteiger partial charge on any atom is 0.338 e. The van der Waals surface area contributed by atoms with Crippen LogP contribution >= 0.6 is 0 Å². The van der Waals surface area contributed by atoms with Crippen LogP contribution in [0.1, 0.15) is 22.8 Å². The molecule has 1 amide bonds. The number of carbonyl (C=O) groups is 2. The molecule has 0 saturated heterocycles. The SMILES string of the molecule is CCc1ccc(C(=O)OCC(=O)NCC2COc3ccccc3O2)cc1. The minimum Gasteiger partial charge on any atom is -0.486 e. The Labute approximate surface area is 152 Å². The first-order chi connectivity index (χ1) is 12.7. The third-order valence-electron chi connectivity index (χ3n) is 4.03. The predicted octanol–water partition coefficient (Wildman–Crippen LogP) is 2.36. The molecule has 0 saturated carbocycles. The zero-order valence-corrected chi connectivity index (χ0v) is 14.6. The summed E-state index contributed by atoms with van der Waals surface area (Å²) in [5.41, 5.74) is 1.56. The summed E-state index contributed by atoms with van der Waals surface area (Å²) in [5.74, 6) is 0.443. The second kappa shape index (κ2) is 8.38. The zero-order chi connectivity index (χ0) is 18.4. The van der Waals surface area contributed by atoms with E-state index in [1.807, 2.05) is 43.3 Å². The fraction of sp³-hybridized carbons (Fsp3) is 0.300. The van der Waals surface area contributed by atoms with Crippen molar-refractivity contribution >= 4 is 11.9 Å². The molecule has 1 heterocycles. The average Bonchev–Trinajstić information content (AvgIpc) is 2.70. The van der Waals surface area contributed by atoms with Gasteiger partial charge < -0.3 is 19.5 Å². The number of rotatable bonds is 6. The third kappa shape index (κ3) is 4.53. The van der Waals surface area contributed by atoms with Gasteiger partial charge >= 0.3 is 5.97 Å². The topological polar surface area (TPSA) is 73.9 Å². The van der Waals surface area contributed by atoms with Crippen LogP contribution in [0.15, 0.2) is 48.5 Å². The smallest absolute Gasteiger partial charge is 0.338 e. The molecule has 1 atom stereocenters. The normalized spacial score (nSPS) is 15.2. The van der Waals surface area contributed by atoms with E-state index in [-0.39, 0.29) is 25.2 Å². The maximum atomic E-state index is 11.9. The largest absolute Gasteiger partial charge is 0.486 e. The van der Waals surface area contributed by atoms with E-state index in [1.54, 1.807) is 12.1 Å². The van der Waals surface area contributed by atoms with E-state index < -0.39 is 5.97 Å². The fourth-order valence-corrected chi connectivity index (χ4v) is 2.53. The van der Waals surface area contributed by atoms with Gasteiger partial charge in [-0.2, -0.15) is 0 Å². The van der Waals surface area contributed by atoms with Crippen LogP contribution in [0, 0.1) is 0 Å². The van der Waals surface area contributed by atoms with Crippen LogP contribution in [0.2, 0.25) is 0 Å².